The van der Waals surface area contributed by atoms with Crippen LogP contribution < -0.4 is 20.7 Å². The first-order chi connectivity index (χ1) is 15.2. The zero-order valence-electron chi connectivity index (χ0n) is 19.0. The Bertz CT molecular complexity index is 920. The van der Waals surface area contributed by atoms with Crippen LogP contribution in [0.1, 0.15) is 38.3 Å². The molecule has 2 rings (SSSR count). The SMILES string of the molecule is COc1ccc(CCC(=O)Nc2ccccc2CNC(=O)CNC(=O)OC(C)(C)C)cc1. The summed E-state index contributed by atoms with van der Waals surface area (Å²) in [6.07, 6.45) is 0.273. The Balaban J connectivity index is 1.81. The molecule has 0 spiro atoms. The Morgan fingerprint density at radius 3 is 2.25 bits per heavy atom. The number of carbonyl (C=O) groups excluding carboxylic acids is 3. The largest absolute Gasteiger partial charge is 0.497 e. The molecule has 172 valence electrons. The summed E-state index contributed by atoms with van der Waals surface area (Å²) in [5.41, 5.74) is 1.80. The predicted molar refractivity (Wildman–Crippen MR) is 122 cm³/mol. The van der Waals surface area contributed by atoms with Crippen LogP contribution in [0, 0.1) is 0 Å². The molecule has 0 saturated heterocycles. The van der Waals surface area contributed by atoms with Crippen LogP contribution in [-0.2, 0) is 27.3 Å². The van der Waals surface area contributed by atoms with Gasteiger partial charge in [0.15, 0.2) is 0 Å². The van der Waals surface area contributed by atoms with Gasteiger partial charge in [0.1, 0.15) is 17.9 Å². The summed E-state index contributed by atoms with van der Waals surface area (Å²) < 4.78 is 10.2. The fourth-order valence-electron chi connectivity index (χ4n) is 2.78. The van der Waals surface area contributed by atoms with Crippen LogP contribution >= 0.6 is 0 Å². The van der Waals surface area contributed by atoms with Gasteiger partial charge >= 0.3 is 6.09 Å². The van der Waals surface area contributed by atoms with E-state index < -0.39 is 11.7 Å². The Morgan fingerprint density at radius 2 is 1.59 bits per heavy atom. The first-order valence-corrected chi connectivity index (χ1v) is 10.4. The highest BCUT2D eigenvalue weighted by Gasteiger charge is 2.16. The van der Waals surface area contributed by atoms with Gasteiger partial charge in [-0.2, -0.15) is 0 Å². The van der Waals surface area contributed by atoms with Gasteiger partial charge in [0.05, 0.1) is 7.11 Å². The number of benzene rings is 2. The number of nitrogens with one attached hydrogen (secondary N) is 3. The average Bonchev–Trinajstić information content (AvgIpc) is 2.75. The number of rotatable bonds is 9. The van der Waals surface area contributed by atoms with Crippen LogP contribution in [0.2, 0.25) is 0 Å². The number of anilines is 1. The van der Waals surface area contributed by atoms with Crippen molar-refractivity contribution in [3.05, 3.63) is 59.7 Å². The van der Waals surface area contributed by atoms with Gasteiger partial charge in [0, 0.05) is 18.7 Å². The third-order valence-corrected chi connectivity index (χ3v) is 4.36. The van der Waals surface area contributed by atoms with Crippen LogP contribution in [0.4, 0.5) is 10.5 Å². The van der Waals surface area contributed by atoms with Crippen molar-refractivity contribution in [3.8, 4) is 5.75 Å². The van der Waals surface area contributed by atoms with Crippen molar-refractivity contribution in [1.82, 2.24) is 10.6 Å². The van der Waals surface area contributed by atoms with Crippen molar-refractivity contribution in [2.24, 2.45) is 0 Å². The molecule has 0 aliphatic heterocycles. The van der Waals surface area contributed by atoms with Crippen LogP contribution in [0.3, 0.4) is 0 Å². The maximum Gasteiger partial charge on any atom is 0.408 e. The highest BCUT2D eigenvalue weighted by molar-refractivity contribution is 5.91. The van der Waals surface area contributed by atoms with E-state index in [1.165, 1.54) is 0 Å². The number of para-hydroxylation sites is 1. The predicted octanol–water partition coefficient (Wildman–Crippen LogP) is 3.41. The molecule has 0 bridgehead atoms. The molecule has 0 fully saturated rings. The minimum atomic E-state index is -0.655. The lowest BCUT2D eigenvalue weighted by Crippen LogP contribution is -2.39. The van der Waals surface area contributed by atoms with Gasteiger partial charge in [-0.25, -0.2) is 4.79 Å². The van der Waals surface area contributed by atoms with Gasteiger partial charge in [-0.3, -0.25) is 9.59 Å². The van der Waals surface area contributed by atoms with Crippen LogP contribution in [0.25, 0.3) is 0 Å². The molecule has 0 aromatic heterocycles. The second-order valence-electron chi connectivity index (χ2n) is 8.19. The first-order valence-electron chi connectivity index (χ1n) is 10.4. The van der Waals surface area contributed by atoms with Crippen molar-refractivity contribution in [2.45, 2.75) is 45.8 Å². The second kappa shape index (κ2) is 11.7. The van der Waals surface area contributed by atoms with E-state index in [2.05, 4.69) is 16.0 Å². The molecule has 0 radical (unpaired) electrons. The Kier molecular flexibility index (Phi) is 9.07. The summed E-state index contributed by atoms with van der Waals surface area (Å²) in [7, 11) is 1.61. The molecular formula is C24H31N3O5. The lowest BCUT2D eigenvalue weighted by atomic mass is 10.1. The van der Waals surface area contributed by atoms with Crippen molar-refractivity contribution < 1.29 is 23.9 Å². The summed E-state index contributed by atoms with van der Waals surface area (Å²) >= 11 is 0. The Morgan fingerprint density at radius 1 is 0.906 bits per heavy atom. The molecular weight excluding hydrogens is 410 g/mol. The monoisotopic (exact) mass is 441 g/mol. The standard InChI is InChI=1S/C24H31N3O5/c1-24(2,3)32-23(30)26-16-22(29)25-15-18-7-5-6-8-20(18)27-21(28)14-11-17-9-12-19(31-4)13-10-17/h5-10,12-13H,11,14-16H2,1-4H3,(H,25,29)(H,26,30)(H,27,28). The van der Waals surface area contributed by atoms with E-state index in [-0.39, 0.29) is 24.9 Å². The van der Waals surface area contributed by atoms with Gasteiger partial charge in [-0.15, -0.1) is 0 Å². The molecule has 8 heteroatoms. The zero-order valence-corrected chi connectivity index (χ0v) is 19.0. The third-order valence-electron chi connectivity index (χ3n) is 4.36. The molecule has 3 N–H and O–H groups in total. The molecule has 0 atom stereocenters. The number of aryl methyl sites for hydroxylation is 1. The topological polar surface area (TPSA) is 106 Å². The van der Waals surface area contributed by atoms with Gasteiger partial charge < -0.3 is 25.4 Å². The smallest absolute Gasteiger partial charge is 0.408 e. The molecule has 32 heavy (non-hydrogen) atoms. The number of amides is 3. The minimum absolute atomic E-state index is 0.119. The summed E-state index contributed by atoms with van der Waals surface area (Å²) in [6, 6.07) is 14.8. The van der Waals surface area contributed by atoms with E-state index in [0.29, 0.717) is 18.5 Å². The van der Waals surface area contributed by atoms with Crippen LogP contribution in [0.5, 0.6) is 5.75 Å². The summed E-state index contributed by atoms with van der Waals surface area (Å²) in [5.74, 6) is 0.290. The fraction of sp³-hybridized carbons (Fsp3) is 0.375. The quantitative estimate of drug-likeness (QED) is 0.553. The molecule has 0 unspecified atom stereocenters. The van der Waals surface area contributed by atoms with E-state index in [0.717, 1.165) is 16.9 Å². The van der Waals surface area contributed by atoms with Gasteiger partial charge in [-0.1, -0.05) is 30.3 Å². The lowest BCUT2D eigenvalue weighted by molar-refractivity contribution is -0.120. The number of alkyl carbamates (subject to hydrolysis) is 1. The van der Waals surface area contributed by atoms with Crippen molar-refractivity contribution in [2.75, 3.05) is 19.0 Å². The number of ether oxygens (including phenoxy) is 2. The summed E-state index contributed by atoms with van der Waals surface area (Å²) in [5, 5.41) is 8.04. The molecule has 0 heterocycles. The zero-order chi connectivity index (χ0) is 23.6. The van der Waals surface area contributed by atoms with E-state index in [9.17, 15) is 14.4 Å². The van der Waals surface area contributed by atoms with Crippen LogP contribution in [0.15, 0.2) is 48.5 Å². The summed E-state index contributed by atoms with van der Waals surface area (Å²) in [4.78, 5) is 36.1. The average molecular weight is 442 g/mol. The number of hydrogen-bond donors (Lipinski definition) is 3. The number of methoxy groups -OCH3 is 1. The Hall–Kier alpha value is -3.55. The fourth-order valence-corrected chi connectivity index (χ4v) is 2.78. The highest BCUT2D eigenvalue weighted by atomic mass is 16.6. The normalized spacial score (nSPS) is 10.8. The molecule has 2 aromatic carbocycles. The maximum absolute atomic E-state index is 12.4. The van der Waals surface area contributed by atoms with Crippen LogP contribution in [-0.4, -0.2) is 37.2 Å². The van der Waals surface area contributed by atoms with E-state index >= 15 is 0 Å². The van der Waals surface area contributed by atoms with E-state index in [1.54, 1.807) is 33.9 Å². The minimum Gasteiger partial charge on any atom is -0.497 e. The molecule has 0 saturated carbocycles. The highest BCUT2D eigenvalue weighted by Crippen LogP contribution is 2.16. The summed E-state index contributed by atoms with van der Waals surface area (Å²) in [6.45, 7) is 5.24. The number of hydrogen-bond acceptors (Lipinski definition) is 5. The molecule has 0 aliphatic rings. The van der Waals surface area contributed by atoms with Crippen molar-refractivity contribution in [3.63, 3.8) is 0 Å². The second-order valence-corrected chi connectivity index (χ2v) is 8.19. The number of carbonyl (C=O) groups is 3. The third kappa shape index (κ3) is 9.07. The van der Waals surface area contributed by atoms with E-state index in [1.807, 2.05) is 42.5 Å². The van der Waals surface area contributed by atoms with Gasteiger partial charge in [-0.05, 0) is 56.5 Å². The lowest BCUT2D eigenvalue weighted by Gasteiger charge is -2.19. The first kappa shape index (κ1) is 24.7. The van der Waals surface area contributed by atoms with Crippen molar-refractivity contribution in [1.29, 1.82) is 0 Å². The Labute approximate surface area is 188 Å². The van der Waals surface area contributed by atoms with E-state index in [4.69, 9.17) is 9.47 Å². The molecule has 0 aliphatic carbocycles. The van der Waals surface area contributed by atoms with Gasteiger partial charge in [0.2, 0.25) is 11.8 Å². The molecule has 8 nitrogen and oxygen atoms in total. The van der Waals surface area contributed by atoms with Crippen molar-refractivity contribution >= 4 is 23.6 Å². The maximum atomic E-state index is 12.4. The molecule has 2 aromatic rings. The molecule has 3 amide bonds. The van der Waals surface area contributed by atoms with Gasteiger partial charge in [0.25, 0.3) is 0 Å².